The Bertz CT molecular complexity index is 890. The van der Waals surface area contributed by atoms with Gasteiger partial charge in [0.2, 0.25) is 11.8 Å². The monoisotopic (exact) mass is 337 g/mol. The van der Waals surface area contributed by atoms with Crippen molar-refractivity contribution in [2.24, 2.45) is 0 Å². The molecule has 0 saturated heterocycles. The lowest BCUT2D eigenvalue weighted by molar-refractivity contribution is -0.117. The fourth-order valence-corrected chi connectivity index (χ4v) is 2.35. The molecule has 0 aliphatic heterocycles. The number of hydrogen-bond donors (Lipinski definition) is 1. The maximum absolute atomic E-state index is 14.2. The molecule has 6 heteroatoms. The Hall–Kier alpha value is -3.28. The van der Waals surface area contributed by atoms with Gasteiger partial charge in [0.1, 0.15) is 11.9 Å². The fourth-order valence-electron chi connectivity index (χ4n) is 2.35. The summed E-state index contributed by atoms with van der Waals surface area (Å²) in [5, 5.41) is 6.54. The van der Waals surface area contributed by atoms with E-state index >= 15 is 0 Å². The van der Waals surface area contributed by atoms with E-state index in [1.165, 1.54) is 12.1 Å². The smallest absolute Gasteiger partial charge is 0.244 e. The van der Waals surface area contributed by atoms with E-state index in [0.717, 1.165) is 5.56 Å². The van der Waals surface area contributed by atoms with Gasteiger partial charge in [0.15, 0.2) is 5.82 Å². The minimum atomic E-state index is -0.841. The average Bonchev–Trinajstić information content (AvgIpc) is 3.06. The first-order valence-corrected chi connectivity index (χ1v) is 7.72. The van der Waals surface area contributed by atoms with Gasteiger partial charge in [0.25, 0.3) is 0 Å². The Morgan fingerprint density at radius 2 is 1.88 bits per heavy atom. The third kappa shape index (κ3) is 4.17. The summed E-state index contributed by atoms with van der Waals surface area (Å²) in [5.74, 6) is -0.309. The Balaban J connectivity index is 1.84. The Morgan fingerprint density at radius 3 is 2.56 bits per heavy atom. The SMILES string of the molecule is Cc1nc([C@H](NC(=O)/C=C\c2ccccc2)c2ccccc2F)no1. The summed E-state index contributed by atoms with van der Waals surface area (Å²) >= 11 is 0. The third-order valence-electron chi connectivity index (χ3n) is 3.53. The second-order valence-electron chi connectivity index (χ2n) is 5.38. The number of aromatic nitrogens is 2. The molecule has 1 amide bonds. The minimum absolute atomic E-state index is 0.198. The molecule has 3 rings (SSSR count). The molecule has 1 heterocycles. The molecule has 0 radical (unpaired) electrons. The number of nitrogens with one attached hydrogen (secondary N) is 1. The van der Waals surface area contributed by atoms with Crippen LogP contribution in [0.5, 0.6) is 0 Å². The van der Waals surface area contributed by atoms with Crippen molar-refractivity contribution < 1.29 is 13.7 Å². The number of aryl methyl sites for hydroxylation is 1. The van der Waals surface area contributed by atoms with Crippen LogP contribution in [0.15, 0.2) is 65.2 Å². The predicted octanol–water partition coefficient (Wildman–Crippen LogP) is 3.44. The molecule has 2 aromatic carbocycles. The van der Waals surface area contributed by atoms with Crippen LogP contribution in [-0.2, 0) is 4.79 Å². The van der Waals surface area contributed by atoms with Crippen LogP contribution in [0.25, 0.3) is 6.08 Å². The Kier molecular flexibility index (Phi) is 4.99. The molecule has 0 aliphatic carbocycles. The van der Waals surface area contributed by atoms with E-state index in [0.29, 0.717) is 5.89 Å². The van der Waals surface area contributed by atoms with E-state index in [-0.39, 0.29) is 17.3 Å². The summed E-state index contributed by atoms with van der Waals surface area (Å²) in [6.07, 6.45) is 3.06. The first-order chi connectivity index (χ1) is 12.1. The molecule has 0 saturated carbocycles. The van der Waals surface area contributed by atoms with Crippen LogP contribution in [0.4, 0.5) is 4.39 Å². The second-order valence-corrected chi connectivity index (χ2v) is 5.38. The van der Waals surface area contributed by atoms with E-state index < -0.39 is 11.9 Å². The lowest BCUT2D eigenvalue weighted by Crippen LogP contribution is -2.29. The number of halogens is 1. The summed E-state index contributed by atoms with van der Waals surface area (Å²) in [4.78, 5) is 16.4. The summed E-state index contributed by atoms with van der Waals surface area (Å²) < 4.78 is 19.1. The lowest BCUT2D eigenvalue weighted by atomic mass is 10.1. The van der Waals surface area contributed by atoms with Crippen molar-refractivity contribution in [3.63, 3.8) is 0 Å². The van der Waals surface area contributed by atoms with Crippen molar-refractivity contribution in [3.8, 4) is 0 Å². The first-order valence-electron chi connectivity index (χ1n) is 7.72. The third-order valence-corrected chi connectivity index (χ3v) is 3.53. The largest absolute Gasteiger partial charge is 0.340 e. The molecule has 0 unspecified atom stereocenters. The Labute approximate surface area is 144 Å². The normalized spacial score (nSPS) is 12.2. The molecule has 1 atom stereocenters. The van der Waals surface area contributed by atoms with Crippen LogP contribution in [0, 0.1) is 12.7 Å². The van der Waals surface area contributed by atoms with Gasteiger partial charge in [-0.3, -0.25) is 4.79 Å². The van der Waals surface area contributed by atoms with Crippen LogP contribution in [-0.4, -0.2) is 16.0 Å². The summed E-state index contributed by atoms with van der Waals surface area (Å²) in [6, 6.07) is 14.7. The van der Waals surface area contributed by atoms with Gasteiger partial charge >= 0.3 is 0 Å². The minimum Gasteiger partial charge on any atom is -0.340 e. The highest BCUT2D eigenvalue weighted by Crippen LogP contribution is 2.22. The van der Waals surface area contributed by atoms with Gasteiger partial charge in [-0.15, -0.1) is 0 Å². The summed E-state index contributed by atoms with van der Waals surface area (Å²) in [7, 11) is 0. The summed E-state index contributed by atoms with van der Waals surface area (Å²) in [5.41, 5.74) is 1.15. The van der Waals surface area contributed by atoms with Gasteiger partial charge in [-0.2, -0.15) is 4.98 Å². The van der Waals surface area contributed by atoms with Crippen LogP contribution >= 0.6 is 0 Å². The highest BCUT2D eigenvalue weighted by molar-refractivity contribution is 5.92. The van der Waals surface area contributed by atoms with Gasteiger partial charge in [0.05, 0.1) is 0 Å². The summed E-state index contributed by atoms with van der Waals surface area (Å²) in [6.45, 7) is 1.63. The van der Waals surface area contributed by atoms with Gasteiger partial charge in [-0.1, -0.05) is 53.7 Å². The number of nitrogens with zero attached hydrogens (tertiary/aromatic N) is 2. The van der Waals surface area contributed by atoms with Crippen LogP contribution < -0.4 is 5.32 Å². The standard InChI is InChI=1S/C19H16FN3O2/c1-13-21-19(23-25-13)18(15-9-5-6-10-16(15)20)22-17(24)12-11-14-7-3-2-4-8-14/h2-12,18H,1H3,(H,22,24)/b12-11-/t18-/m1/s1. The average molecular weight is 337 g/mol. The van der Waals surface area contributed by atoms with Crippen LogP contribution in [0.2, 0.25) is 0 Å². The molecule has 1 N–H and O–H groups in total. The molecule has 0 bridgehead atoms. The van der Waals surface area contributed by atoms with E-state index in [4.69, 9.17) is 4.52 Å². The van der Waals surface area contributed by atoms with Crippen molar-refractivity contribution in [2.45, 2.75) is 13.0 Å². The number of amides is 1. The molecule has 3 aromatic rings. The van der Waals surface area contributed by atoms with Crippen molar-refractivity contribution in [3.05, 3.63) is 89.3 Å². The quantitative estimate of drug-likeness (QED) is 0.724. The highest BCUT2D eigenvalue weighted by atomic mass is 19.1. The highest BCUT2D eigenvalue weighted by Gasteiger charge is 2.23. The maximum Gasteiger partial charge on any atom is 0.244 e. The van der Waals surface area contributed by atoms with Gasteiger partial charge in [-0.25, -0.2) is 4.39 Å². The van der Waals surface area contributed by atoms with Crippen LogP contribution in [0.3, 0.4) is 0 Å². The number of hydrogen-bond acceptors (Lipinski definition) is 4. The molecular weight excluding hydrogens is 321 g/mol. The van der Waals surface area contributed by atoms with E-state index in [1.54, 1.807) is 31.2 Å². The first kappa shape index (κ1) is 16.6. The molecular formula is C19H16FN3O2. The zero-order valence-corrected chi connectivity index (χ0v) is 13.5. The van der Waals surface area contributed by atoms with Crippen molar-refractivity contribution in [1.29, 1.82) is 0 Å². The van der Waals surface area contributed by atoms with Crippen LogP contribution in [0.1, 0.15) is 28.9 Å². The molecule has 126 valence electrons. The predicted molar refractivity (Wildman–Crippen MR) is 90.9 cm³/mol. The van der Waals surface area contributed by atoms with E-state index in [2.05, 4.69) is 15.5 Å². The van der Waals surface area contributed by atoms with E-state index in [1.807, 2.05) is 30.3 Å². The molecule has 0 aliphatic rings. The van der Waals surface area contributed by atoms with Crippen molar-refractivity contribution in [2.75, 3.05) is 0 Å². The fraction of sp³-hybridized carbons (Fsp3) is 0.105. The second kappa shape index (κ2) is 7.53. The molecule has 0 fully saturated rings. The van der Waals surface area contributed by atoms with Gasteiger partial charge in [-0.05, 0) is 17.7 Å². The van der Waals surface area contributed by atoms with Gasteiger partial charge < -0.3 is 9.84 Å². The number of rotatable bonds is 5. The molecule has 5 nitrogen and oxygen atoms in total. The molecule has 25 heavy (non-hydrogen) atoms. The topological polar surface area (TPSA) is 68.0 Å². The molecule has 1 aromatic heterocycles. The van der Waals surface area contributed by atoms with E-state index in [9.17, 15) is 9.18 Å². The lowest BCUT2D eigenvalue weighted by Gasteiger charge is -2.15. The zero-order valence-electron chi connectivity index (χ0n) is 13.5. The van der Waals surface area contributed by atoms with Crippen molar-refractivity contribution >= 4 is 12.0 Å². The van der Waals surface area contributed by atoms with Gasteiger partial charge in [0, 0.05) is 18.6 Å². The Morgan fingerprint density at radius 1 is 1.16 bits per heavy atom. The van der Waals surface area contributed by atoms with Crippen molar-refractivity contribution in [1.82, 2.24) is 15.5 Å². The zero-order chi connectivity index (χ0) is 17.6. The number of carbonyl (C=O) groups is 1. The number of benzene rings is 2. The molecule has 0 spiro atoms. The number of carbonyl (C=O) groups excluding carboxylic acids is 1. The maximum atomic E-state index is 14.2.